The van der Waals surface area contributed by atoms with Crippen LogP contribution in [0.4, 0.5) is 5.82 Å². The Bertz CT molecular complexity index is 639. The Hall–Kier alpha value is -1.84. The largest absolute Gasteiger partial charge is 0.368 e. The van der Waals surface area contributed by atoms with Crippen molar-refractivity contribution in [2.45, 2.75) is 51.9 Å². The van der Waals surface area contributed by atoms with Gasteiger partial charge < -0.3 is 5.32 Å². The van der Waals surface area contributed by atoms with Gasteiger partial charge >= 0.3 is 0 Å². The van der Waals surface area contributed by atoms with Crippen LogP contribution < -0.4 is 5.32 Å². The summed E-state index contributed by atoms with van der Waals surface area (Å²) < 4.78 is 1.92. The molecule has 0 amide bonds. The number of allylic oxidation sites excluding steroid dienone is 1. The van der Waals surface area contributed by atoms with Crippen LogP contribution in [0.3, 0.4) is 0 Å². The lowest BCUT2D eigenvalue weighted by Gasteiger charge is -2.13. The number of rotatable bonds is 5. The lowest BCUT2D eigenvalue weighted by molar-refractivity contribution is 0.679. The number of nitrogens with zero attached hydrogens (tertiary/aromatic N) is 3. The average Bonchev–Trinajstić information content (AvgIpc) is 2.94. The predicted molar refractivity (Wildman–Crippen MR) is 86.7 cm³/mol. The van der Waals surface area contributed by atoms with Gasteiger partial charge in [0, 0.05) is 18.9 Å². The van der Waals surface area contributed by atoms with Crippen molar-refractivity contribution in [1.82, 2.24) is 14.6 Å². The summed E-state index contributed by atoms with van der Waals surface area (Å²) in [6, 6.07) is 2.14. The fraction of sp³-hybridized carbons (Fsp3) is 0.529. The summed E-state index contributed by atoms with van der Waals surface area (Å²) in [7, 11) is 0. The highest BCUT2D eigenvalue weighted by atomic mass is 15.2. The number of fused-ring (bicyclic) bond motifs is 1. The third kappa shape index (κ3) is 3.26. The maximum absolute atomic E-state index is 4.60. The smallest absolute Gasteiger partial charge is 0.152 e. The fourth-order valence-corrected chi connectivity index (χ4v) is 2.83. The van der Waals surface area contributed by atoms with Gasteiger partial charge in [-0.05, 0) is 44.1 Å². The molecular weight excluding hydrogens is 260 g/mol. The Balaban J connectivity index is 1.70. The number of hydrogen-bond donors (Lipinski definition) is 1. The molecule has 0 bridgehead atoms. The molecule has 0 saturated carbocycles. The third-order valence-electron chi connectivity index (χ3n) is 4.12. The van der Waals surface area contributed by atoms with Crippen molar-refractivity contribution in [2.75, 3.05) is 11.9 Å². The SMILES string of the molecule is CC(C)c1cc2c(NCCC3=CCCCC3)nccn2n1. The third-order valence-corrected chi connectivity index (χ3v) is 4.12. The van der Waals surface area contributed by atoms with Gasteiger partial charge in [0.2, 0.25) is 0 Å². The predicted octanol–water partition coefficient (Wildman–Crippen LogP) is 4.16. The van der Waals surface area contributed by atoms with Crippen molar-refractivity contribution in [2.24, 2.45) is 0 Å². The second kappa shape index (κ2) is 6.29. The standard InChI is InChI=1S/C17H24N4/c1-13(2)15-12-16-17(19-10-11-21(16)20-15)18-9-8-14-6-4-3-5-7-14/h6,10-13H,3-5,7-9H2,1-2H3,(H,18,19). The van der Waals surface area contributed by atoms with E-state index in [0.29, 0.717) is 5.92 Å². The second-order valence-corrected chi connectivity index (χ2v) is 6.11. The van der Waals surface area contributed by atoms with Crippen LogP contribution in [0.25, 0.3) is 5.52 Å². The number of anilines is 1. The van der Waals surface area contributed by atoms with E-state index in [1.807, 2.05) is 16.9 Å². The molecule has 21 heavy (non-hydrogen) atoms. The molecule has 0 fully saturated rings. The minimum atomic E-state index is 0.435. The summed E-state index contributed by atoms with van der Waals surface area (Å²) in [6.07, 6.45) is 12.5. The van der Waals surface area contributed by atoms with Crippen LogP contribution in [0.2, 0.25) is 0 Å². The highest BCUT2D eigenvalue weighted by Crippen LogP contribution is 2.22. The molecule has 1 aliphatic rings. The lowest BCUT2D eigenvalue weighted by Crippen LogP contribution is -2.07. The molecule has 4 nitrogen and oxygen atoms in total. The Morgan fingerprint density at radius 2 is 2.24 bits per heavy atom. The van der Waals surface area contributed by atoms with Gasteiger partial charge in [0.25, 0.3) is 0 Å². The van der Waals surface area contributed by atoms with Gasteiger partial charge in [-0.2, -0.15) is 5.10 Å². The zero-order chi connectivity index (χ0) is 14.7. The van der Waals surface area contributed by atoms with Crippen LogP contribution in [0.5, 0.6) is 0 Å². The molecule has 2 heterocycles. The molecule has 0 aromatic carbocycles. The minimum absolute atomic E-state index is 0.435. The summed E-state index contributed by atoms with van der Waals surface area (Å²) in [5, 5.41) is 8.07. The van der Waals surface area contributed by atoms with Crippen LogP contribution in [0.15, 0.2) is 30.1 Å². The summed E-state index contributed by atoms with van der Waals surface area (Å²) in [5.74, 6) is 1.37. The molecule has 2 aromatic rings. The molecule has 2 aromatic heterocycles. The van der Waals surface area contributed by atoms with Crippen LogP contribution in [0, 0.1) is 0 Å². The Morgan fingerprint density at radius 3 is 3.00 bits per heavy atom. The van der Waals surface area contributed by atoms with Crippen molar-refractivity contribution in [1.29, 1.82) is 0 Å². The monoisotopic (exact) mass is 284 g/mol. The van der Waals surface area contributed by atoms with E-state index in [2.05, 4.69) is 41.4 Å². The molecule has 1 N–H and O–H groups in total. The highest BCUT2D eigenvalue weighted by molar-refractivity contribution is 5.67. The summed E-state index contributed by atoms with van der Waals surface area (Å²) >= 11 is 0. The van der Waals surface area contributed by atoms with Gasteiger partial charge in [-0.1, -0.05) is 25.5 Å². The topological polar surface area (TPSA) is 42.2 Å². The first-order chi connectivity index (χ1) is 10.2. The van der Waals surface area contributed by atoms with E-state index in [4.69, 9.17) is 0 Å². The molecular formula is C17H24N4. The molecule has 3 rings (SSSR count). The van der Waals surface area contributed by atoms with E-state index in [1.165, 1.54) is 25.7 Å². The van der Waals surface area contributed by atoms with E-state index < -0.39 is 0 Å². The first-order valence-electron chi connectivity index (χ1n) is 8.00. The number of nitrogens with one attached hydrogen (secondary N) is 1. The van der Waals surface area contributed by atoms with Crippen molar-refractivity contribution in [3.63, 3.8) is 0 Å². The first kappa shape index (κ1) is 14.1. The quantitative estimate of drug-likeness (QED) is 0.838. The van der Waals surface area contributed by atoms with E-state index in [0.717, 1.165) is 30.0 Å². The normalized spacial score (nSPS) is 15.5. The maximum atomic E-state index is 4.60. The van der Waals surface area contributed by atoms with Crippen LogP contribution in [-0.4, -0.2) is 21.1 Å². The minimum Gasteiger partial charge on any atom is -0.368 e. The Kier molecular flexibility index (Phi) is 4.23. The van der Waals surface area contributed by atoms with E-state index >= 15 is 0 Å². The molecule has 0 aliphatic heterocycles. The molecule has 0 radical (unpaired) electrons. The zero-order valence-electron chi connectivity index (χ0n) is 13.0. The summed E-state index contributed by atoms with van der Waals surface area (Å²) in [5.41, 5.74) is 3.77. The number of hydrogen-bond acceptors (Lipinski definition) is 3. The molecule has 0 atom stereocenters. The van der Waals surface area contributed by atoms with Gasteiger partial charge in [-0.15, -0.1) is 0 Å². The summed E-state index contributed by atoms with van der Waals surface area (Å²) in [4.78, 5) is 4.47. The summed E-state index contributed by atoms with van der Waals surface area (Å²) in [6.45, 7) is 5.27. The average molecular weight is 284 g/mol. The van der Waals surface area contributed by atoms with E-state index in [1.54, 1.807) is 5.57 Å². The molecule has 4 heteroatoms. The van der Waals surface area contributed by atoms with E-state index in [-0.39, 0.29) is 0 Å². The van der Waals surface area contributed by atoms with Crippen molar-refractivity contribution in [3.05, 3.63) is 35.8 Å². The first-order valence-corrected chi connectivity index (χ1v) is 8.00. The van der Waals surface area contributed by atoms with Crippen molar-refractivity contribution < 1.29 is 0 Å². The zero-order valence-corrected chi connectivity index (χ0v) is 13.0. The van der Waals surface area contributed by atoms with Gasteiger partial charge in [0.15, 0.2) is 5.82 Å². The van der Waals surface area contributed by atoms with Crippen LogP contribution in [-0.2, 0) is 0 Å². The van der Waals surface area contributed by atoms with Crippen molar-refractivity contribution >= 4 is 11.3 Å². The Labute approximate surface area is 126 Å². The second-order valence-electron chi connectivity index (χ2n) is 6.11. The van der Waals surface area contributed by atoms with E-state index in [9.17, 15) is 0 Å². The van der Waals surface area contributed by atoms with Crippen molar-refractivity contribution in [3.8, 4) is 0 Å². The lowest BCUT2D eigenvalue weighted by atomic mass is 9.97. The number of aromatic nitrogens is 3. The Morgan fingerprint density at radius 1 is 1.33 bits per heavy atom. The van der Waals surface area contributed by atoms with Gasteiger partial charge in [-0.25, -0.2) is 9.50 Å². The molecule has 0 saturated heterocycles. The molecule has 0 spiro atoms. The maximum Gasteiger partial charge on any atom is 0.152 e. The molecule has 112 valence electrons. The fourth-order valence-electron chi connectivity index (χ4n) is 2.83. The molecule has 1 aliphatic carbocycles. The van der Waals surface area contributed by atoms with Gasteiger partial charge in [0.05, 0.1) is 5.69 Å². The van der Waals surface area contributed by atoms with Crippen LogP contribution >= 0.6 is 0 Å². The molecule has 0 unspecified atom stereocenters. The van der Waals surface area contributed by atoms with Crippen LogP contribution in [0.1, 0.15) is 57.6 Å². The highest BCUT2D eigenvalue weighted by Gasteiger charge is 2.10. The van der Waals surface area contributed by atoms with Gasteiger partial charge in [0.1, 0.15) is 5.52 Å². The van der Waals surface area contributed by atoms with Gasteiger partial charge in [-0.3, -0.25) is 0 Å².